The van der Waals surface area contributed by atoms with E-state index in [1.165, 1.54) is 6.33 Å². The van der Waals surface area contributed by atoms with E-state index in [0.29, 0.717) is 5.69 Å². The molecule has 5 heteroatoms. The Morgan fingerprint density at radius 2 is 2.05 bits per heavy atom. The van der Waals surface area contributed by atoms with Gasteiger partial charge in [0.25, 0.3) is 0 Å². The van der Waals surface area contributed by atoms with Crippen molar-refractivity contribution >= 4 is 5.97 Å². The van der Waals surface area contributed by atoms with Crippen LogP contribution in [0.15, 0.2) is 42.9 Å². The second kappa shape index (κ2) is 6.77. The molecule has 0 aliphatic rings. The van der Waals surface area contributed by atoms with Crippen LogP contribution in [0.5, 0.6) is 0 Å². The molecule has 0 amide bonds. The highest BCUT2D eigenvalue weighted by Crippen LogP contribution is 2.17. The Morgan fingerprint density at radius 1 is 1.30 bits per heavy atom. The fraction of sp³-hybridized carbons (Fsp3) is 0.267. The van der Waals surface area contributed by atoms with E-state index in [4.69, 9.17) is 10.5 Å². The molecule has 1 atom stereocenters. The van der Waals surface area contributed by atoms with E-state index in [1.54, 1.807) is 12.3 Å². The highest BCUT2D eigenvalue weighted by Gasteiger charge is 2.20. The summed E-state index contributed by atoms with van der Waals surface area (Å²) in [4.78, 5) is 19.9. The maximum absolute atomic E-state index is 12.1. The van der Waals surface area contributed by atoms with Crippen LogP contribution in [0.4, 0.5) is 0 Å². The van der Waals surface area contributed by atoms with Crippen molar-refractivity contribution in [3.05, 3.63) is 59.7 Å². The van der Waals surface area contributed by atoms with Gasteiger partial charge in [-0.25, -0.2) is 9.97 Å². The van der Waals surface area contributed by atoms with Crippen molar-refractivity contribution in [1.82, 2.24) is 9.97 Å². The molecule has 2 N–H and O–H groups in total. The Kier molecular flexibility index (Phi) is 4.79. The number of hydrogen-bond donors (Lipinski definition) is 1. The second-order valence-electron chi connectivity index (χ2n) is 4.51. The average molecular weight is 271 g/mol. The van der Waals surface area contributed by atoms with E-state index < -0.39 is 5.92 Å². The molecular formula is C15H17N3O2. The van der Waals surface area contributed by atoms with Gasteiger partial charge >= 0.3 is 5.97 Å². The number of ether oxygens (including phenoxy) is 1. The van der Waals surface area contributed by atoms with Gasteiger partial charge in [-0.3, -0.25) is 4.79 Å². The zero-order valence-corrected chi connectivity index (χ0v) is 11.3. The highest BCUT2D eigenvalue weighted by molar-refractivity contribution is 5.78. The monoisotopic (exact) mass is 271 g/mol. The topological polar surface area (TPSA) is 78.1 Å². The Labute approximate surface area is 117 Å². The van der Waals surface area contributed by atoms with E-state index in [-0.39, 0.29) is 19.1 Å². The maximum atomic E-state index is 12.1. The van der Waals surface area contributed by atoms with Crippen molar-refractivity contribution in [2.45, 2.75) is 19.4 Å². The molecule has 0 fully saturated rings. The van der Waals surface area contributed by atoms with E-state index in [0.717, 1.165) is 11.1 Å². The predicted molar refractivity (Wildman–Crippen MR) is 74.8 cm³/mol. The minimum absolute atomic E-state index is 0.129. The molecular weight excluding hydrogens is 254 g/mol. The first-order valence-electron chi connectivity index (χ1n) is 6.39. The summed E-state index contributed by atoms with van der Waals surface area (Å²) in [6.07, 6.45) is 3.03. The third-order valence-electron chi connectivity index (χ3n) is 3.01. The van der Waals surface area contributed by atoms with Gasteiger partial charge in [-0.05, 0) is 18.6 Å². The van der Waals surface area contributed by atoms with Gasteiger partial charge in [0.15, 0.2) is 0 Å². The molecule has 0 saturated heterocycles. The minimum atomic E-state index is -0.447. The molecule has 0 saturated carbocycles. The van der Waals surface area contributed by atoms with E-state index in [2.05, 4.69) is 9.97 Å². The summed E-state index contributed by atoms with van der Waals surface area (Å²) in [6.45, 7) is 2.34. The molecule has 1 aromatic heterocycles. The number of aromatic nitrogens is 2. The fourth-order valence-corrected chi connectivity index (χ4v) is 1.82. The third kappa shape index (κ3) is 3.61. The molecule has 0 radical (unpaired) electrons. The normalized spacial score (nSPS) is 11.9. The van der Waals surface area contributed by atoms with Crippen LogP contribution < -0.4 is 5.73 Å². The molecule has 2 rings (SSSR count). The Balaban J connectivity index is 2.00. The zero-order valence-electron chi connectivity index (χ0n) is 11.3. The summed E-state index contributed by atoms with van der Waals surface area (Å²) in [6, 6.07) is 9.42. The first kappa shape index (κ1) is 14.1. The van der Waals surface area contributed by atoms with E-state index in [9.17, 15) is 4.79 Å². The third-order valence-corrected chi connectivity index (χ3v) is 3.01. The number of nitrogens with zero attached hydrogens (tertiary/aromatic N) is 2. The molecule has 0 aliphatic carbocycles. The number of aryl methyl sites for hydroxylation is 1. The lowest BCUT2D eigenvalue weighted by Gasteiger charge is -2.14. The summed E-state index contributed by atoms with van der Waals surface area (Å²) in [7, 11) is 0. The van der Waals surface area contributed by atoms with Crippen LogP contribution in [0.3, 0.4) is 0 Å². The average Bonchev–Trinajstić information content (AvgIpc) is 2.49. The van der Waals surface area contributed by atoms with Gasteiger partial charge in [0.1, 0.15) is 12.9 Å². The van der Waals surface area contributed by atoms with Crippen LogP contribution in [-0.4, -0.2) is 22.5 Å². The number of nitrogens with two attached hydrogens (primary N) is 1. The standard InChI is InChI=1S/C15H17N3O2/c1-11-2-4-12(5-3-11)14(8-16)15(19)20-9-13-6-7-17-10-18-13/h2-7,10,14H,8-9,16H2,1H3. The van der Waals surface area contributed by atoms with E-state index >= 15 is 0 Å². The maximum Gasteiger partial charge on any atom is 0.315 e. The summed E-state index contributed by atoms with van der Waals surface area (Å²) in [5.74, 6) is -0.785. The number of carbonyl (C=O) groups is 1. The minimum Gasteiger partial charge on any atom is -0.459 e. The molecule has 0 aliphatic heterocycles. The van der Waals surface area contributed by atoms with Crippen LogP contribution in [0.25, 0.3) is 0 Å². The lowest BCUT2D eigenvalue weighted by Crippen LogP contribution is -2.23. The molecule has 2 aromatic rings. The van der Waals surface area contributed by atoms with Gasteiger partial charge in [0.2, 0.25) is 0 Å². The summed E-state index contributed by atoms with van der Waals surface area (Å²) in [5, 5.41) is 0. The first-order chi connectivity index (χ1) is 9.70. The van der Waals surface area contributed by atoms with Crippen molar-refractivity contribution < 1.29 is 9.53 Å². The van der Waals surface area contributed by atoms with Crippen molar-refractivity contribution in [2.75, 3.05) is 6.54 Å². The van der Waals surface area contributed by atoms with Gasteiger partial charge in [0, 0.05) is 12.7 Å². The van der Waals surface area contributed by atoms with E-state index in [1.807, 2.05) is 31.2 Å². The molecule has 0 bridgehead atoms. The fourth-order valence-electron chi connectivity index (χ4n) is 1.82. The number of hydrogen-bond acceptors (Lipinski definition) is 5. The largest absolute Gasteiger partial charge is 0.459 e. The Hall–Kier alpha value is -2.27. The van der Waals surface area contributed by atoms with Gasteiger partial charge < -0.3 is 10.5 Å². The molecule has 20 heavy (non-hydrogen) atoms. The molecule has 5 nitrogen and oxygen atoms in total. The second-order valence-corrected chi connectivity index (χ2v) is 4.51. The smallest absolute Gasteiger partial charge is 0.315 e. The molecule has 1 heterocycles. The Morgan fingerprint density at radius 3 is 2.65 bits per heavy atom. The predicted octanol–water partition coefficient (Wildman–Crippen LogP) is 1.57. The molecule has 1 aromatic carbocycles. The number of carbonyl (C=O) groups excluding carboxylic acids is 1. The number of benzene rings is 1. The van der Waals surface area contributed by atoms with Gasteiger partial charge in [-0.1, -0.05) is 29.8 Å². The van der Waals surface area contributed by atoms with Crippen LogP contribution in [0, 0.1) is 6.92 Å². The quantitative estimate of drug-likeness (QED) is 0.835. The van der Waals surface area contributed by atoms with Crippen molar-refractivity contribution in [2.24, 2.45) is 5.73 Å². The first-order valence-corrected chi connectivity index (χ1v) is 6.39. The van der Waals surface area contributed by atoms with Crippen molar-refractivity contribution in [3.8, 4) is 0 Å². The van der Waals surface area contributed by atoms with Crippen LogP contribution in [-0.2, 0) is 16.1 Å². The SMILES string of the molecule is Cc1ccc(C(CN)C(=O)OCc2ccncn2)cc1. The van der Waals surface area contributed by atoms with Crippen LogP contribution >= 0.6 is 0 Å². The van der Waals surface area contributed by atoms with Crippen LogP contribution in [0.2, 0.25) is 0 Å². The lowest BCUT2D eigenvalue weighted by molar-refractivity contribution is -0.146. The number of esters is 1. The molecule has 104 valence electrons. The lowest BCUT2D eigenvalue weighted by atomic mass is 9.98. The van der Waals surface area contributed by atoms with Crippen molar-refractivity contribution in [1.29, 1.82) is 0 Å². The Bertz CT molecular complexity index is 555. The molecule has 1 unspecified atom stereocenters. The summed E-state index contributed by atoms with van der Waals surface area (Å²) in [5.41, 5.74) is 8.35. The summed E-state index contributed by atoms with van der Waals surface area (Å²) >= 11 is 0. The van der Waals surface area contributed by atoms with Crippen molar-refractivity contribution in [3.63, 3.8) is 0 Å². The zero-order chi connectivity index (χ0) is 14.4. The number of rotatable bonds is 5. The summed E-state index contributed by atoms with van der Waals surface area (Å²) < 4.78 is 5.26. The van der Waals surface area contributed by atoms with Gasteiger partial charge in [-0.15, -0.1) is 0 Å². The molecule has 0 spiro atoms. The van der Waals surface area contributed by atoms with Gasteiger partial charge in [0.05, 0.1) is 11.6 Å². The highest BCUT2D eigenvalue weighted by atomic mass is 16.5. The van der Waals surface area contributed by atoms with Crippen LogP contribution in [0.1, 0.15) is 22.7 Å². The van der Waals surface area contributed by atoms with Gasteiger partial charge in [-0.2, -0.15) is 0 Å².